The first-order valence-corrected chi connectivity index (χ1v) is 9.42. The first-order chi connectivity index (χ1) is 12.1. The number of pyridine rings is 1. The molecule has 1 aromatic rings. The van der Waals surface area contributed by atoms with E-state index in [1.54, 1.807) is 6.20 Å². The van der Waals surface area contributed by atoms with Crippen LogP contribution in [-0.4, -0.2) is 65.2 Å². The number of carbonyl (C=O) groups excluding carboxylic acids is 1. The average molecular weight is 346 g/mol. The molecule has 3 rings (SSSR count). The van der Waals surface area contributed by atoms with Gasteiger partial charge in [-0.2, -0.15) is 0 Å². The van der Waals surface area contributed by atoms with Crippen molar-refractivity contribution in [3.05, 3.63) is 30.1 Å². The van der Waals surface area contributed by atoms with E-state index in [1.807, 2.05) is 23.1 Å². The van der Waals surface area contributed by atoms with Gasteiger partial charge in [0.15, 0.2) is 0 Å². The Labute approximate surface area is 150 Å². The maximum absolute atomic E-state index is 12.8. The van der Waals surface area contributed by atoms with Gasteiger partial charge in [-0.25, -0.2) is 4.79 Å². The van der Waals surface area contributed by atoms with E-state index in [-0.39, 0.29) is 24.2 Å². The van der Waals surface area contributed by atoms with Crippen LogP contribution in [0.25, 0.3) is 0 Å². The molecule has 2 amide bonds. The van der Waals surface area contributed by atoms with Gasteiger partial charge in [-0.15, -0.1) is 0 Å². The molecule has 1 N–H and O–H groups in total. The number of carbonyl (C=O) groups is 1. The Morgan fingerprint density at radius 1 is 1.32 bits per heavy atom. The van der Waals surface area contributed by atoms with E-state index < -0.39 is 0 Å². The zero-order chi connectivity index (χ0) is 17.8. The average Bonchev–Trinajstić information content (AvgIpc) is 2.64. The molecule has 4 atom stereocenters. The second-order valence-electron chi connectivity index (χ2n) is 7.22. The molecule has 2 unspecified atom stereocenters. The van der Waals surface area contributed by atoms with Gasteiger partial charge < -0.3 is 15.0 Å². The zero-order valence-corrected chi connectivity index (χ0v) is 15.5. The van der Waals surface area contributed by atoms with Crippen LogP contribution in [0.3, 0.4) is 0 Å². The number of rotatable bonds is 3. The van der Waals surface area contributed by atoms with E-state index in [2.05, 4.69) is 36.0 Å². The Morgan fingerprint density at radius 3 is 2.88 bits per heavy atom. The maximum Gasteiger partial charge on any atom is 0.317 e. The van der Waals surface area contributed by atoms with Gasteiger partial charge in [0.2, 0.25) is 0 Å². The molecule has 0 spiro atoms. The minimum absolute atomic E-state index is 0.0338. The molecule has 2 aliphatic heterocycles. The number of urea groups is 1. The van der Waals surface area contributed by atoms with Crippen LogP contribution in [0.15, 0.2) is 24.4 Å². The highest BCUT2D eigenvalue weighted by Gasteiger charge is 2.33. The highest BCUT2D eigenvalue weighted by Crippen LogP contribution is 2.27. The second-order valence-corrected chi connectivity index (χ2v) is 7.22. The monoisotopic (exact) mass is 346 g/mol. The summed E-state index contributed by atoms with van der Waals surface area (Å²) in [5.74, 6) is 0. The molecule has 2 fully saturated rings. The van der Waals surface area contributed by atoms with Gasteiger partial charge in [-0.3, -0.25) is 9.88 Å². The molecule has 0 aromatic carbocycles. The zero-order valence-electron chi connectivity index (χ0n) is 15.5. The molecule has 0 radical (unpaired) electrons. The number of hydrogen-bond donors (Lipinski definition) is 1. The summed E-state index contributed by atoms with van der Waals surface area (Å²) in [5.41, 5.74) is 0.944. The van der Waals surface area contributed by atoms with Gasteiger partial charge in [-0.1, -0.05) is 13.0 Å². The molecule has 6 nitrogen and oxygen atoms in total. The van der Waals surface area contributed by atoms with Crippen LogP contribution in [0.5, 0.6) is 0 Å². The summed E-state index contributed by atoms with van der Waals surface area (Å²) in [6, 6.07) is 6.71. The molecule has 2 aliphatic rings. The number of likely N-dealkylation sites (N-methyl/N-ethyl adjacent to an activating group) is 1. The van der Waals surface area contributed by atoms with Crippen LogP contribution in [0.4, 0.5) is 4.79 Å². The predicted octanol–water partition coefficient (Wildman–Crippen LogP) is 2.43. The van der Waals surface area contributed by atoms with Crippen molar-refractivity contribution >= 4 is 6.03 Å². The van der Waals surface area contributed by atoms with Crippen molar-refractivity contribution in [2.75, 3.05) is 26.2 Å². The largest absolute Gasteiger partial charge is 0.372 e. The Kier molecular flexibility index (Phi) is 5.91. The maximum atomic E-state index is 12.8. The molecule has 3 heterocycles. The highest BCUT2D eigenvalue weighted by molar-refractivity contribution is 5.75. The van der Waals surface area contributed by atoms with Gasteiger partial charge in [0.05, 0.1) is 5.69 Å². The molecular formula is C19H30N4O2. The van der Waals surface area contributed by atoms with E-state index in [1.165, 1.54) is 0 Å². The molecule has 6 heteroatoms. The summed E-state index contributed by atoms with van der Waals surface area (Å²) in [6.45, 7) is 9.92. The number of nitrogens with one attached hydrogen (secondary N) is 1. The molecule has 0 saturated carbocycles. The molecule has 0 aliphatic carbocycles. The summed E-state index contributed by atoms with van der Waals surface area (Å²) in [6.07, 6.45) is 3.39. The number of hydrogen-bond acceptors (Lipinski definition) is 4. The van der Waals surface area contributed by atoms with E-state index in [9.17, 15) is 4.79 Å². The number of nitrogens with zero attached hydrogens (tertiary/aromatic N) is 3. The summed E-state index contributed by atoms with van der Waals surface area (Å²) in [4.78, 5) is 21.6. The lowest BCUT2D eigenvalue weighted by Gasteiger charge is -2.44. The lowest BCUT2D eigenvalue weighted by Crippen LogP contribution is -2.61. The van der Waals surface area contributed by atoms with E-state index in [0.717, 1.165) is 38.2 Å². The van der Waals surface area contributed by atoms with Gasteiger partial charge in [0, 0.05) is 44.0 Å². The first-order valence-electron chi connectivity index (χ1n) is 9.42. The SMILES string of the molecule is CCN1CC(C)N(C(=O)N[C@@H]2CCO[C@@H](c3ccccn3)C2)CC1C. The van der Waals surface area contributed by atoms with Crippen LogP contribution in [0.2, 0.25) is 0 Å². The number of amides is 2. The fraction of sp³-hybridized carbons (Fsp3) is 0.684. The predicted molar refractivity (Wildman–Crippen MR) is 97.4 cm³/mol. The van der Waals surface area contributed by atoms with E-state index in [0.29, 0.717) is 12.6 Å². The van der Waals surface area contributed by atoms with Crippen LogP contribution < -0.4 is 5.32 Å². The topological polar surface area (TPSA) is 57.7 Å². The van der Waals surface area contributed by atoms with Crippen molar-refractivity contribution in [2.24, 2.45) is 0 Å². The van der Waals surface area contributed by atoms with Gasteiger partial charge in [-0.05, 0) is 45.4 Å². The fourth-order valence-electron chi connectivity index (χ4n) is 3.88. The van der Waals surface area contributed by atoms with Gasteiger partial charge >= 0.3 is 6.03 Å². The van der Waals surface area contributed by atoms with Crippen LogP contribution in [-0.2, 0) is 4.74 Å². The van der Waals surface area contributed by atoms with Crippen molar-refractivity contribution in [1.29, 1.82) is 0 Å². The molecule has 1 aromatic heterocycles. The minimum atomic E-state index is -0.0338. The lowest BCUT2D eigenvalue weighted by atomic mass is 10.0. The Balaban J connectivity index is 1.57. The minimum Gasteiger partial charge on any atom is -0.372 e. The lowest BCUT2D eigenvalue weighted by molar-refractivity contribution is -0.00251. The Morgan fingerprint density at radius 2 is 2.16 bits per heavy atom. The fourth-order valence-corrected chi connectivity index (χ4v) is 3.88. The molecule has 25 heavy (non-hydrogen) atoms. The molecule has 138 valence electrons. The first kappa shape index (κ1) is 18.1. The molecule has 0 bridgehead atoms. The van der Waals surface area contributed by atoms with Gasteiger partial charge in [0.1, 0.15) is 6.10 Å². The summed E-state index contributed by atoms with van der Waals surface area (Å²) < 4.78 is 5.85. The standard InChI is InChI=1S/C19H30N4O2/c1-4-22-12-15(3)23(13-14(22)2)19(24)21-16-8-10-25-18(11-16)17-7-5-6-9-20-17/h5-7,9,14-16,18H,4,8,10-13H2,1-3H3,(H,21,24)/t14?,15?,16-,18-/m1/s1. The van der Waals surface area contributed by atoms with Crippen LogP contribution >= 0.6 is 0 Å². The van der Waals surface area contributed by atoms with Crippen molar-refractivity contribution < 1.29 is 9.53 Å². The molecule has 2 saturated heterocycles. The van der Waals surface area contributed by atoms with Crippen molar-refractivity contribution in [2.45, 2.75) is 57.8 Å². The summed E-state index contributed by atoms with van der Waals surface area (Å²) in [7, 11) is 0. The Bertz CT molecular complexity index is 568. The quantitative estimate of drug-likeness (QED) is 0.913. The normalized spacial score (nSPS) is 30.9. The number of aromatic nitrogens is 1. The van der Waals surface area contributed by atoms with Gasteiger partial charge in [0.25, 0.3) is 0 Å². The van der Waals surface area contributed by atoms with E-state index in [4.69, 9.17) is 4.74 Å². The van der Waals surface area contributed by atoms with Crippen molar-refractivity contribution in [3.63, 3.8) is 0 Å². The van der Waals surface area contributed by atoms with Crippen molar-refractivity contribution in [3.8, 4) is 0 Å². The smallest absolute Gasteiger partial charge is 0.317 e. The van der Waals surface area contributed by atoms with Crippen LogP contribution in [0.1, 0.15) is 45.4 Å². The number of piperazine rings is 1. The number of ether oxygens (including phenoxy) is 1. The summed E-state index contributed by atoms with van der Waals surface area (Å²) in [5, 5.41) is 3.23. The highest BCUT2D eigenvalue weighted by atomic mass is 16.5. The van der Waals surface area contributed by atoms with E-state index >= 15 is 0 Å². The molecular weight excluding hydrogens is 316 g/mol. The third kappa shape index (κ3) is 4.30. The van der Waals surface area contributed by atoms with Crippen molar-refractivity contribution in [1.82, 2.24) is 20.1 Å². The van der Waals surface area contributed by atoms with Crippen LogP contribution in [0, 0.1) is 0 Å². The Hall–Kier alpha value is -1.66. The second kappa shape index (κ2) is 8.15. The third-order valence-electron chi connectivity index (χ3n) is 5.41. The summed E-state index contributed by atoms with van der Waals surface area (Å²) >= 11 is 0. The third-order valence-corrected chi connectivity index (χ3v) is 5.41.